The van der Waals surface area contributed by atoms with E-state index in [2.05, 4.69) is 33.4 Å². The lowest BCUT2D eigenvalue weighted by Gasteiger charge is -2.59. The second-order valence-electron chi connectivity index (χ2n) is 10.1. The Morgan fingerprint density at radius 2 is 2.07 bits per heavy atom. The number of esters is 1. The minimum Gasteiger partial charge on any atom is -0.458 e. The van der Waals surface area contributed by atoms with Crippen molar-refractivity contribution in [2.24, 2.45) is 22.7 Å². The van der Waals surface area contributed by atoms with Crippen molar-refractivity contribution < 1.29 is 14.3 Å². The lowest BCUT2D eigenvalue weighted by atomic mass is 9.46. The summed E-state index contributed by atoms with van der Waals surface area (Å²) in [5.41, 5.74) is 4.64. The van der Waals surface area contributed by atoms with Crippen LogP contribution in [0.2, 0.25) is 0 Å². The Morgan fingerprint density at radius 1 is 1.25 bits per heavy atom. The molecule has 28 heavy (non-hydrogen) atoms. The average molecular weight is 385 g/mol. The highest BCUT2D eigenvalue weighted by molar-refractivity contribution is 5.85. The van der Waals surface area contributed by atoms with Crippen LogP contribution in [0.25, 0.3) is 0 Å². The Bertz CT molecular complexity index is 717. The van der Waals surface area contributed by atoms with Gasteiger partial charge < -0.3 is 9.47 Å². The lowest BCUT2D eigenvalue weighted by molar-refractivity contribution is -0.135. The van der Waals surface area contributed by atoms with Crippen LogP contribution >= 0.6 is 0 Å². The van der Waals surface area contributed by atoms with Gasteiger partial charge in [-0.05, 0) is 79.6 Å². The third-order valence-corrected chi connectivity index (χ3v) is 8.74. The van der Waals surface area contributed by atoms with E-state index in [0.717, 1.165) is 30.3 Å². The zero-order valence-electron chi connectivity index (χ0n) is 17.9. The zero-order chi connectivity index (χ0) is 19.9. The molecule has 0 radical (unpaired) electrons. The first-order valence-corrected chi connectivity index (χ1v) is 11.2. The number of allylic oxidation sites excluding steroid dienone is 1. The Labute approximate surface area is 170 Å². The highest BCUT2D eigenvalue weighted by Gasteiger charge is 2.53. The zero-order valence-corrected chi connectivity index (χ0v) is 17.9. The van der Waals surface area contributed by atoms with Crippen LogP contribution in [-0.4, -0.2) is 25.3 Å². The van der Waals surface area contributed by atoms with E-state index >= 15 is 0 Å². The second-order valence-corrected chi connectivity index (χ2v) is 10.1. The van der Waals surface area contributed by atoms with Gasteiger partial charge in [-0.25, -0.2) is 4.79 Å². The summed E-state index contributed by atoms with van der Waals surface area (Å²) in [7, 11) is 0. The van der Waals surface area contributed by atoms with Crippen molar-refractivity contribution in [2.75, 3.05) is 13.2 Å². The molecule has 0 amide bonds. The van der Waals surface area contributed by atoms with Crippen molar-refractivity contribution in [3.8, 4) is 0 Å². The highest BCUT2D eigenvalue weighted by Crippen LogP contribution is 2.62. The Hall–Kier alpha value is -1.35. The van der Waals surface area contributed by atoms with Gasteiger partial charge in [-0.3, -0.25) is 0 Å². The number of fused-ring (bicyclic) bond motifs is 1. The van der Waals surface area contributed by atoms with Crippen LogP contribution in [0.15, 0.2) is 35.5 Å². The summed E-state index contributed by atoms with van der Waals surface area (Å²) in [4.78, 5) is 11.3. The largest absolute Gasteiger partial charge is 0.458 e. The van der Waals surface area contributed by atoms with Gasteiger partial charge in [0.1, 0.15) is 6.61 Å². The first-order valence-electron chi connectivity index (χ1n) is 11.2. The van der Waals surface area contributed by atoms with Gasteiger partial charge in [0.15, 0.2) is 0 Å². The summed E-state index contributed by atoms with van der Waals surface area (Å²) in [6, 6.07) is 0. The number of carbonyl (C=O) groups is 1. The molecule has 0 N–H and O–H groups in total. The molecule has 2 aliphatic heterocycles. The van der Waals surface area contributed by atoms with Crippen LogP contribution in [0.3, 0.4) is 0 Å². The van der Waals surface area contributed by atoms with E-state index in [9.17, 15) is 4.79 Å². The second kappa shape index (κ2) is 7.48. The van der Waals surface area contributed by atoms with Gasteiger partial charge in [0.05, 0.1) is 12.7 Å². The minimum atomic E-state index is -0.232. The highest BCUT2D eigenvalue weighted by atomic mass is 16.5. The van der Waals surface area contributed by atoms with Crippen LogP contribution in [0.5, 0.6) is 0 Å². The molecule has 5 atom stereocenters. The van der Waals surface area contributed by atoms with Gasteiger partial charge in [-0.15, -0.1) is 0 Å². The first-order chi connectivity index (χ1) is 13.3. The van der Waals surface area contributed by atoms with E-state index in [1.54, 1.807) is 6.08 Å². The standard InChI is InChI=1S/C25H36O3/c1-17-6-5-7-22-24(17,3)12-10-18(2)25(22,4)13-11-19-8-9-21(27-15-19)20-14-23(26)28-16-20/h8,14,18,21-22H,1,5-7,9-13,15-16H2,2-4H3/t18-,21?,22-,24-,25-/m1/s1. The van der Waals surface area contributed by atoms with Crippen LogP contribution in [0.1, 0.15) is 72.1 Å². The molecule has 0 bridgehead atoms. The molecule has 3 nitrogen and oxygen atoms in total. The van der Waals surface area contributed by atoms with E-state index in [0.29, 0.717) is 24.0 Å². The van der Waals surface area contributed by atoms with E-state index < -0.39 is 0 Å². The normalized spacial score (nSPS) is 41.2. The predicted molar refractivity (Wildman–Crippen MR) is 112 cm³/mol. The number of cyclic esters (lactones) is 1. The van der Waals surface area contributed by atoms with Crippen LogP contribution < -0.4 is 0 Å². The number of carbonyl (C=O) groups excluding carboxylic acids is 1. The van der Waals surface area contributed by atoms with Crippen molar-refractivity contribution in [2.45, 2.75) is 78.2 Å². The number of rotatable bonds is 4. The molecule has 1 unspecified atom stereocenters. The third-order valence-electron chi connectivity index (χ3n) is 8.74. The molecule has 0 saturated heterocycles. The quantitative estimate of drug-likeness (QED) is 0.456. The van der Waals surface area contributed by atoms with Crippen molar-refractivity contribution >= 4 is 5.97 Å². The monoisotopic (exact) mass is 384 g/mol. The molecule has 0 spiro atoms. The summed E-state index contributed by atoms with van der Waals surface area (Å²) in [6.45, 7) is 13.1. The van der Waals surface area contributed by atoms with Gasteiger partial charge >= 0.3 is 5.97 Å². The molecule has 3 heteroatoms. The SMILES string of the molecule is C=C1CCC[C@H]2[C@](C)(CCC3=CCC(C4=CC(=O)OC4)OC3)[C@H](C)CC[C@]12C. The molecule has 0 aromatic heterocycles. The van der Waals surface area contributed by atoms with Crippen molar-refractivity contribution in [1.82, 2.24) is 0 Å². The van der Waals surface area contributed by atoms with Crippen molar-refractivity contribution in [1.29, 1.82) is 0 Å². The maximum absolute atomic E-state index is 11.3. The Morgan fingerprint density at radius 3 is 2.75 bits per heavy atom. The van der Waals surface area contributed by atoms with Crippen LogP contribution in [0.4, 0.5) is 0 Å². The predicted octanol–water partition coefficient (Wildman–Crippen LogP) is 5.76. The molecule has 2 fully saturated rings. The molecule has 2 aliphatic carbocycles. The fraction of sp³-hybridized carbons (Fsp3) is 0.720. The van der Waals surface area contributed by atoms with Gasteiger partial charge in [0.25, 0.3) is 0 Å². The van der Waals surface area contributed by atoms with Crippen LogP contribution in [0, 0.1) is 22.7 Å². The smallest absolute Gasteiger partial charge is 0.331 e. The molecule has 2 heterocycles. The van der Waals surface area contributed by atoms with Gasteiger partial charge in [0, 0.05) is 11.6 Å². The maximum atomic E-state index is 11.3. The molecular weight excluding hydrogens is 348 g/mol. The van der Waals surface area contributed by atoms with Crippen molar-refractivity contribution in [3.63, 3.8) is 0 Å². The first kappa shape index (κ1) is 19.9. The molecule has 4 aliphatic rings. The summed E-state index contributed by atoms with van der Waals surface area (Å²) in [6.07, 6.45) is 13.7. The van der Waals surface area contributed by atoms with Gasteiger partial charge in [0.2, 0.25) is 0 Å². The van der Waals surface area contributed by atoms with Gasteiger partial charge in [-0.2, -0.15) is 0 Å². The number of hydrogen-bond acceptors (Lipinski definition) is 3. The minimum absolute atomic E-state index is 0.0179. The summed E-state index contributed by atoms with van der Waals surface area (Å²) < 4.78 is 11.1. The molecular formula is C25H36O3. The van der Waals surface area contributed by atoms with Crippen molar-refractivity contribution in [3.05, 3.63) is 35.5 Å². The lowest BCUT2D eigenvalue weighted by Crippen LogP contribution is -2.50. The number of hydrogen-bond donors (Lipinski definition) is 0. The summed E-state index contributed by atoms with van der Waals surface area (Å²) in [5, 5.41) is 0. The maximum Gasteiger partial charge on any atom is 0.331 e. The fourth-order valence-corrected chi connectivity index (χ4v) is 6.43. The van der Waals surface area contributed by atoms with E-state index in [-0.39, 0.29) is 12.1 Å². The molecule has 0 aromatic rings. The van der Waals surface area contributed by atoms with Gasteiger partial charge in [-0.1, -0.05) is 39.0 Å². The van der Waals surface area contributed by atoms with Crippen LogP contribution in [-0.2, 0) is 14.3 Å². The Balaban J connectivity index is 1.42. The molecule has 154 valence electrons. The van der Waals surface area contributed by atoms with E-state index in [1.807, 2.05) is 0 Å². The summed E-state index contributed by atoms with van der Waals surface area (Å²) in [5.74, 6) is 1.29. The molecule has 4 rings (SSSR count). The Kier molecular flexibility index (Phi) is 5.33. The third kappa shape index (κ3) is 3.40. The molecule has 0 aromatic carbocycles. The van der Waals surface area contributed by atoms with E-state index in [4.69, 9.17) is 9.47 Å². The fourth-order valence-electron chi connectivity index (χ4n) is 6.43. The molecule has 2 saturated carbocycles. The average Bonchev–Trinajstić information content (AvgIpc) is 3.12. The van der Waals surface area contributed by atoms with E-state index in [1.165, 1.54) is 49.7 Å². The topological polar surface area (TPSA) is 35.5 Å². The number of ether oxygens (including phenoxy) is 2. The summed E-state index contributed by atoms with van der Waals surface area (Å²) >= 11 is 0.